The fourth-order valence-corrected chi connectivity index (χ4v) is 4.00. The molecule has 2 aliphatic heterocycles. The summed E-state index contributed by atoms with van der Waals surface area (Å²) in [5.41, 5.74) is 6.24. The van der Waals surface area contributed by atoms with Crippen molar-refractivity contribution in [3.05, 3.63) is 0 Å². The minimum atomic E-state index is -0.00258. The molecule has 150 valence electrons. The highest BCUT2D eigenvalue weighted by Crippen LogP contribution is 2.30. The lowest BCUT2D eigenvalue weighted by molar-refractivity contribution is -0.145. The normalized spacial score (nSPS) is 25.0. The highest BCUT2D eigenvalue weighted by Gasteiger charge is 2.40. The van der Waals surface area contributed by atoms with Crippen LogP contribution in [0.4, 0.5) is 0 Å². The molecule has 0 aromatic heterocycles. The van der Waals surface area contributed by atoms with Gasteiger partial charge in [0.25, 0.3) is 0 Å². The number of carbonyl (C=O) groups is 1. The van der Waals surface area contributed by atoms with Gasteiger partial charge in [-0.05, 0) is 17.8 Å². The van der Waals surface area contributed by atoms with E-state index in [4.69, 9.17) is 10.5 Å². The fraction of sp³-hybridized carbons (Fsp3) is 0.944. The fourth-order valence-electron chi connectivity index (χ4n) is 4.00. The Morgan fingerprint density at radius 3 is 2.20 bits per heavy atom. The predicted octanol–water partition coefficient (Wildman–Crippen LogP) is 2.55. The van der Waals surface area contributed by atoms with E-state index in [-0.39, 0.29) is 42.3 Å². The number of hydrogen-bond donors (Lipinski definition) is 1. The smallest absolute Gasteiger partial charge is 0.240 e. The van der Waals surface area contributed by atoms with Gasteiger partial charge in [0.2, 0.25) is 5.91 Å². The number of rotatable bonds is 5. The molecule has 7 heteroatoms. The Bertz CT molecular complexity index is 400. The van der Waals surface area contributed by atoms with Crippen LogP contribution in [0.15, 0.2) is 0 Å². The minimum Gasteiger partial charge on any atom is -0.379 e. The van der Waals surface area contributed by atoms with Crippen LogP contribution in [0.1, 0.15) is 47.0 Å². The van der Waals surface area contributed by atoms with Crippen LogP contribution in [0.3, 0.4) is 0 Å². The zero-order valence-electron chi connectivity index (χ0n) is 16.2. The van der Waals surface area contributed by atoms with Gasteiger partial charge in [0, 0.05) is 32.2 Å². The third-order valence-electron chi connectivity index (χ3n) is 5.81. The molecule has 0 spiro atoms. The number of amides is 1. The number of carbonyl (C=O) groups excluding carboxylic acids is 1. The molecule has 2 aliphatic rings. The molecule has 2 saturated heterocycles. The highest BCUT2D eigenvalue weighted by atomic mass is 35.5. The Balaban J connectivity index is 0.00000288. The molecule has 25 heavy (non-hydrogen) atoms. The third-order valence-corrected chi connectivity index (χ3v) is 5.81. The minimum absolute atomic E-state index is 0. The third kappa shape index (κ3) is 5.96. The average Bonchev–Trinajstić information content (AvgIpc) is 2.55. The molecule has 5 nitrogen and oxygen atoms in total. The van der Waals surface area contributed by atoms with E-state index in [9.17, 15) is 4.79 Å². The number of hydrogen-bond acceptors (Lipinski definition) is 4. The van der Waals surface area contributed by atoms with Crippen molar-refractivity contribution in [3.63, 3.8) is 0 Å². The first-order valence-electron chi connectivity index (χ1n) is 9.26. The van der Waals surface area contributed by atoms with Crippen molar-refractivity contribution >= 4 is 30.7 Å². The molecule has 2 rings (SSSR count). The molecule has 2 unspecified atom stereocenters. The molecule has 2 N–H and O–H groups in total. The Hall–Kier alpha value is -0.0700. The highest BCUT2D eigenvalue weighted by molar-refractivity contribution is 5.85. The number of ether oxygens (including phenoxy) is 1. The molecule has 0 aromatic carbocycles. The van der Waals surface area contributed by atoms with Crippen LogP contribution in [-0.4, -0.2) is 67.2 Å². The summed E-state index contributed by atoms with van der Waals surface area (Å²) in [7, 11) is 0. The largest absolute Gasteiger partial charge is 0.379 e. The number of morpholine rings is 1. The lowest BCUT2D eigenvalue weighted by Crippen LogP contribution is -2.60. The van der Waals surface area contributed by atoms with Crippen LogP contribution < -0.4 is 5.73 Å². The first-order chi connectivity index (χ1) is 10.9. The van der Waals surface area contributed by atoms with Gasteiger partial charge in [-0.25, -0.2) is 0 Å². The molecule has 2 heterocycles. The quantitative estimate of drug-likeness (QED) is 0.773. The second kappa shape index (κ2) is 10.9. The van der Waals surface area contributed by atoms with E-state index >= 15 is 0 Å². The molecule has 0 aliphatic carbocycles. The summed E-state index contributed by atoms with van der Waals surface area (Å²) in [6.45, 7) is 13.5. The summed E-state index contributed by atoms with van der Waals surface area (Å²) >= 11 is 0. The standard InChI is InChI=1S/C18H35N3O2.2ClH/c1-5-14(6-2)16(20-9-11-23-12-10-20)17(22)21-8-7-15(19)18(3,4)13-21;;/h14-16H,5-13,19H2,1-4H3;2*1H. The van der Waals surface area contributed by atoms with Gasteiger partial charge in [0.05, 0.1) is 19.3 Å². The van der Waals surface area contributed by atoms with Crippen LogP contribution in [-0.2, 0) is 9.53 Å². The van der Waals surface area contributed by atoms with Crippen molar-refractivity contribution in [2.45, 2.75) is 59.0 Å². The second-order valence-electron chi connectivity index (χ2n) is 7.81. The van der Waals surface area contributed by atoms with Crippen molar-refractivity contribution in [1.82, 2.24) is 9.80 Å². The Morgan fingerprint density at radius 2 is 1.72 bits per heavy atom. The molecule has 2 atom stereocenters. The number of nitrogens with two attached hydrogens (primary N) is 1. The van der Waals surface area contributed by atoms with Crippen LogP contribution in [0.2, 0.25) is 0 Å². The van der Waals surface area contributed by atoms with Crippen molar-refractivity contribution in [1.29, 1.82) is 0 Å². The van der Waals surface area contributed by atoms with E-state index in [1.54, 1.807) is 0 Å². The Labute approximate surface area is 165 Å². The van der Waals surface area contributed by atoms with Crippen molar-refractivity contribution in [3.8, 4) is 0 Å². The lowest BCUT2D eigenvalue weighted by Gasteiger charge is -2.46. The van der Waals surface area contributed by atoms with Crippen molar-refractivity contribution < 1.29 is 9.53 Å². The average molecular weight is 398 g/mol. The van der Waals surface area contributed by atoms with Crippen LogP contribution >= 0.6 is 24.8 Å². The van der Waals surface area contributed by atoms with Gasteiger partial charge < -0.3 is 15.4 Å². The van der Waals surface area contributed by atoms with E-state index in [0.29, 0.717) is 11.8 Å². The van der Waals surface area contributed by atoms with E-state index in [2.05, 4.69) is 37.5 Å². The molecule has 0 aromatic rings. The maximum atomic E-state index is 13.4. The molecule has 1 amide bonds. The first kappa shape index (κ1) is 24.9. The van der Waals surface area contributed by atoms with Crippen LogP contribution in [0.25, 0.3) is 0 Å². The number of halogens is 2. The topological polar surface area (TPSA) is 58.8 Å². The van der Waals surface area contributed by atoms with Crippen molar-refractivity contribution in [2.75, 3.05) is 39.4 Å². The SMILES string of the molecule is CCC(CC)C(C(=O)N1CCC(N)C(C)(C)C1)N1CCOCC1.Cl.Cl. The summed E-state index contributed by atoms with van der Waals surface area (Å²) in [6.07, 6.45) is 2.99. The van der Waals surface area contributed by atoms with Gasteiger partial charge in [-0.2, -0.15) is 0 Å². The molecule has 2 fully saturated rings. The van der Waals surface area contributed by atoms with Crippen LogP contribution in [0.5, 0.6) is 0 Å². The Kier molecular flexibility index (Phi) is 10.9. The predicted molar refractivity (Wildman–Crippen MR) is 108 cm³/mol. The molecule has 0 saturated carbocycles. The van der Waals surface area contributed by atoms with E-state index in [1.165, 1.54) is 0 Å². The first-order valence-corrected chi connectivity index (χ1v) is 9.26. The number of likely N-dealkylation sites (tertiary alicyclic amines) is 1. The maximum Gasteiger partial charge on any atom is 0.240 e. The van der Waals surface area contributed by atoms with Gasteiger partial charge in [-0.1, -0.05) is 40.5 Å². The summed E-state index contributed by atoms with van der Waals surface area (Å²) in [6, 6.07) is 0.181. The molecule has 0 bridgehead atoms. The van der Waals surface area contributed by atoms with Gasteiger partial charge in [0.1, 0.15) is 0 Å². The summed E-state index contributed by atoms with van der Waals surface area (Å²) in [4.78, 5) is 17.8. The van der Waals surface area contributed by atoms with E-state index in [0.717, 1.165) is 58.7 Å². The van der Waals surface area contributed by atoms with Gasteiger partial charge in [-0.3, -0.25) is 9.69 Å². The summed E-state index contributed by atoms with van der Waals surface area (Å²) < 4.78 is 5.49. The summed E-state index contributed by atoms with van der Waals surface area (Å²) in [5.74, 6) is 0.722. The molecular formula is C18H37Cl2N3O2. The second-order valence-corrected chi connectivity index (χ2v) is 7.81. The van der Waals surface area contributed by atoms with Gasteiger partial charge in [-0.15, -0.1) is 24.8 Å². The zero-order valence-corrected chi connectivity index (χ0v) is 17.8. The molecular weight excluding hydrogens is 361 g/mol. The number of nitrogens with zero attached hydrogens (tertiary/aromatic N) is 2. The molecule has 0 radical (unpaired) electrons. The van der Waals surface area contributed by atoms with Crippen molar-refractivity contribution in [2.24, 2.45) is 17.1 Å². The van der Waals surface area contributed by atoms with Gasteiger partial charge in [0.15, 0.2) is 0 Å². The van der Waals surface area contributed by atoms with Gasteiger partial charge >= 0.3 is 0 Å². The van der Waals surface area contributed by atoms with Crippen LogP contribution in [0, 0.1) is 11.3 Å². The summed E-state index contributed by atoms with van der Waals surface area (Å²) in [5, 5.41) is 0. The monoisotopic (exact) mass is 397 g/mol. The lowest BCUT2D eigenvalue weighted by atomic mass is 9.79. The Morgan fingerprint density at radius 1 is 1.16 bits per heavy atom. The maximum absolute atomic E-state index is 13.4. The van der Waals surface area contributed by atoms with E-state index < -0.39 is 0 Å². The number of piperidine rings is 1. The van der Waals surface area contributed by atoms with E-state index in [1.807, 2.05) is 0 Å². The zero-order chi connectivity index (χ0) is 17.0.